The lowest BCUT2D eigenvalue weighted by Gasteiger charge is -2.14. The topological polar surface area (TPSA) is 44.5 Å². The van der Waals surface area contributed by atoms with Crippen LogP contribution in [0.15, 0.2) is 18.2 Å². The molecule has 0 saturated carbocycles. The minimum Gasteiger partial charge on any atom is -0.454 e. The molecule has 1 atom stereocenters. The lowest BCUT2D eigenvalue weighted by Crippen LogP contribution is -2.12. The fourth-order valence-electron chi connectivity index (χ4n) is 1.79. The summed E-state index contributed by atoms with van der Waals surface area (Å²) in [5.74, 6) is 2.23. The molecule has 0 aliphatic carbocycles. The Morgan fingerprint density at radius 2 is 2.00 bits per heavy atom. The molecule has 1 aromatic rings. The molecular weight excluding hydrogens is 190 g/mol. The highest BCUT2D eigenvalue weighted by Crippen LogP contribution is 2.34. The highest BCUT2D eigenvalue weighted by molar-refractivity contribution is 5.45. The van der Waals surface area contributed by atoms with Gasteiger partial charge in [-0.15, -0.1) is 0 Å². The van der Waals surface area contributed by atoms with Crippen LogP contribution in [0.1, 0.15) is 31.9 Å². The van der Waals surface area contributed by atoms with Crippen LogP contribution in [0, 0.1) is 5.92 Å². The molecular formula is C12H17NO2. The van der Waals surface area contributed by atoms with E-state index in [-0.39, 0.29) is 6.04 Å². The number of nitrogens with two attached hydrogens (primary N) is 1. The Morgan fingerprint density at radius 1 is 1.27 bits per heavy atom. The maximum absolute atomic E-state index is 6.09. The molecule has 0 unspecified atom stereocenters. The van der Waals surface area contributed by atoms with Crippen LogP contribution in [0.25, 0.3) is 0 Å². The van der Waals surface area contributed by atoms with E-state index >= 15 is 0 Å². The number of ether oxygens (including phenoxy) is 2. The zero-order valence-corrected chi connectivity index (χ0v) is 9.19. The first-order valence-electron chi connectivity index (χ1n) is 5.32. The summed E-state index contributed by atoms with van der Waals surface area (Å²) in [6.45, 7) is 4.66. The molecule has 2 rings (SSSR count). The zero-order chi connectivity index (χ0) is 10.8. The predicted octanol–water partition coefficient (Wildman–Crippen LogP) is 2.46. The molecule has 0 fully saturated rings. The molecule has 82 valence electrons. The third kappa shape index (κ3) is 2.23. The quantitative estimate of drug-likeness (QED) is 0.828. The van der Waals surface area contributed by atoms with Gasteiger partial charge >= 0.3 is 0 Å². The van der Waals surface area contributed by atoms with Crippen LogP contribution in [0.3, 0.4) is 0 Å². The first-order valence-corrected chi connectivity index (χ1v) is 5.32. The summed E-state index contributed by atoms with van der Waals surface area (Å²) in [6.07, 6.45) is 0.986. The van der Waals surface area contributed by atoms with E-state index in [1.54, 1.807) is 0 Å². The first kappa shape index (κ1) is 10.3. The van der Waals surface area contributed by atoms with Gasteiger partial charge in [0.15, 0.2) is 11.5 Å². The molecule has 0 spiro atoms. The average molecular weight is 207 g/mol. The molecule has 0 radical (unpaired) electrons. The predicted molar refractivity (Wildman–Crippen MR) is 58.9 cm³/mol. The monoisotopic (exact) mass is 207 g/mol. The van der Waals surface area contributed by atoms with Gasteiger partial charge in [0.05, 0.1) is 0 Å². The van der Waals surface area contributed by atoms with E-state index in [0.717, 1.165) is 23.5 Å². The van der Waals surface area contributed by atoms with Crippen LogP contribution in [-0.4, -0.2) is 6.79 Å². The Labute approximate surface area is 90.2 Å². The highest BCUT2D eigenvalue weighted by Gasteiger charge is 2.16. The van der Waals surface area contributed by atoms with Crippen molar-refractivity contribution in [1.29, 1.82) is 0 Å². The van der Waals surface area contributed by atoms with E-state index in [0.29, 0.717) is 12.7 Å². The number of rotatable bonds is 3. The van der Waals surface area contributed by atoms with Gasteiger partial charge in [0.25, 0.3) is 0 Å². The van der Waals surface area contributed by atoms with Gasteiger partial charge in [0, 0.05) is 6.04 Å². The lowest BCUT2D eigenvalue weighted by atomic mass is 9.98. The second kappa shape index (κ2) is 4.11. The molecule has 3 nitrogen and oxygen atoms in total. The van der Waals surface area contributed by atoms with Gasteiger partial charge in [-0.3, -0.25) is 0 Å². The van der Waals surface area contributed by atoms with Crippen molar-refractivity contribution in [2.75, 3.05) is 6.79 Å². The van der Waals surface area contributed by atoms with Crippen molar-refractivity contribution in [3.63, 3.8) is 0 Å². The number of benzene rings is 1. The fourth-order valence-corrected chi connectivity index (χ4v) is 1.79. The molecule has 1 aromatic carbocycles. The molecule has 0 amide bonds. The average Bonchev–Trinajstić information content (AvgIpc) is 2.62. The molecule has 0 bridgehead atoms. The van der Waals surface area contributed by atoms with E-state index in [1.807, 2.05) is 18.2 Å². The largest absolute Gasteiger partial charge is 0.454 e. The van der Waals surface area contributed by atoms with Gasteiger partial charge in [-0.05, 0) is 30.0 Å². The Hall–Kier alpha value is -1.22. The van der Waals surface area contributed by atoms with E-state index in [9.17, 15) is 0 Å². The Morgan fingerprint density at radius 3 is 2.73 bits per heavy atom. The highest BCUT2D eigenvalue weighted by atomic mass is 16.7. The Balaban J connectivity index is 2.15. The van der Waals surface area contributed by atoms with E-state index < -0.39 is 0 Å². The fraction of sp³-hybridized carbons (Fsp3) is 0.500. The van der Waals surface area contributed by atoms with Gasteiger partial charge in [-0.2, -0.15) is 0 Å². The molecule has 0 saturated heterocycles. The summed E-state index contributed by atoms with van der Waals surface area (Å²) < 4.78 is 10.6. The van der Waals surface area contributed by atoms with Crippen LogP contribution in [0.5, 0.6) is 11.5 Å². The van der Waals surface area contributed by atoms with Gasteiger partial charge in [0.1, 0.15) is 0 Å². The molecule has 15 heavy (non-hydrogen) atoms. The van der Waals surface area contributed by atoms with Crippen molar-refractivity contribution in [2.24, 2.45) is 11.7 Å². The number of hydrogen-bond donors (Lipinski definition) is 1. The minimum atomic E-state index is 0.0829. The van der Waals surface area contributed by atoms with Gasteiger partial charge in [-0.1, -0.05) is 19.9 Å². The van der Waals surface area contributed by atoms with Crippen molar-refractivity contribution in [2.45, 2.75) is 26.3 Å². The van der Waals surface area contributed by atoms with E-state index in [1.165, 1.54) is 0 Å². The van der Waals surface area contributed by atoms with Crippen molar-refractivity contribution in [3.8, 4) is 11.5 Å². The Bertz CT molecular complexity index is 349. The van der Waals surface area contributed by atoms with Crippen LogP contribution in [-0.2, 0) is 0 Å². The molecule has 1 aliphatic heterocycles. The van der Waals surface area contributed by atoms with Gasteiger partial charge < -0.3 is 15.2 Å². The van der Waals surface area contributed by atoms with Gasteiger partial charge in [0.2, 0.25) is 6.79 Å². The van der Waals surface area contributed by atoms with Crippen LogP contribution < -0.4 is 15.2 Å². The van der Waals surface area contributed by atoms with Gasteiger partial charge in [-0.25, -0.2) is 0 Å². The van der Waals surface area contributed by atoms with Crippen molar-refractivity contribution >= 4 is 0 Å². The van der Waals surface area contributed by atoms with Crippen molar-refractivity contribution < 1.29 is 9.47 Å². The maximum atomic E-state index is 6.09. The summed E-state index contributed by atoms with van der Waals surface area (Å²) in [5.41, 5.74) is 7.21. The molecule has 1 aliphatic rings. The van der Waals surface area contributed by atoms with Crippen LogP contribution in [0.2, 0.25) is 0 Å². The normalized spacial score (nSPS) is 15.7. The molecule has 0 aromatic heterocycles. The van der Waals surface area contributed by atoms with Crippen molar-refractivity contribution in [1.82, 2.24) is 0 Å². The molecule has 2 N–H and O–H groups in total. The first-order chi connectivity index (χ1) is 7.16. The number of hydrogen-bond acceptors (Lipinski definition) is 3. The standard InChI is InChI=1S/C12H17NO2/c1-8(2)5-10(13)9-3-4-11-12(6-9)15-7-14-11/h3-4,6,8,10H,5,7,13H2,1-2H3/t10-/m0/s1. The summed E-state index contributed by atoms with van der Waals surface area (Å²) in [7, 11) is 0. The Kier molecular flexibility index (Phi) is 2.82. The second-order valence-electron chi connectivity index (χ2n) is 4.35. The van der Waals surface area contributed by atoms with Crippen molar-refractivity contribution in [3.05, 3.63) is 23.8 Å². The summed E-state index contributed by atoms with van der Waals surface area (Å²) in [6, 6.07) is 6.01. The third-order valence-corrected chi connectivity index (χ3v) is 2.55. The maximum Gasteiger partial charge on any atom is 0.231 e. The zero-order valence-electron chi connectivity index (χ0n) is 9.19. The summed E-state index contributed by atoms with van der Waals surface area (Å²) in [5, 5.41) is 0. The van der Waals surface area contributed by atoms with E-state index in [2.05, 4.69) is 13.8 Å². The number of fused-ring (bicyclic) bond motifs is 1. The lowest BCUT2D eigenvalue weighted by molar-refractivity contribution is 0.174. The van der Waals surface area contributed by atoms with Crippen LogP contribution >= 0.6 is 0 Å². The summed E-state index contributed by atoms with van der Waals surface area (Å²) >= 11 is 0. The third-order valence-electron chi connectivity index (χ3n) is 2.55. The summed E-state index contributed by atoms with van der Waals surface area (Å²) in [4.78, 5) is 0. The smallest absolute Gasteiger partial charge is 0.231 e. The minimum absolute atomic E-state index is 0.0829. The molecule has 3 heteroatoms. The van der Waals surface area contributed by atoms with Crippen LogP contribution in [0.4, 0.5) is 0 Å². The SMILES string of the molecule is CC(C)C[C@H](N)c1ccc2c(c1)OCO2. The van der Waals surface area contributed by atoms with E-state index in [4.69, 9.17) is 15.2 Å². The molecule has 1 heterocycles. The second-order valence-corrected chi connectivity index (χ2v) is 4.35.